The van der Waals surface area contributed by atoms with Gasteiger partial charge in [0.15, 0.2) is 0 Å². The third kappa shape index (κ3) is 3.93. The summed E-state index contributed by atoms with van der Waals surface area (Å²) >= 11 is 0. The van der Waals surface area contributed by atoms with Crippen molar-refractivity contribution in [3.63, 3.8) is 0 Å². The molecule has 2 saturated heterocycles. The zero-order valence-corrected chi connectivity index (χ0v) is 15.0. The Hall–Kier alpha value is -2.28. The van der Waals surface area contributed by atoms with E-state index in [1.165, 1.54) is 12.8 Å². The second kappa shape index (κ2) is 7.95. The van der Waals surface area contributed by atoms with Crippen molar-refractivity contribution in [2.75, 3.05) is 26.2 Å². The van der Waals surface area contributed by atoms with E-state index in [1.807, 2.05) is 29.2 Å². The van der Waals surface area contributed by atoms with Crippen LogP contribution in [0.2, 0.25) is 0 Å². The molecule has 7 heteroatoms. The van der Waals surface area contributed by atoms with Gasteiger partial charge in [0.1, 0.15) is 6.33 Å². The molecule has 138 valence electrons. The fraction of sp³-hybridized carbons (Fsp3) is 0.579. The Balaban J connectivity index is 1.31. The van der Waals surface area contributed by atoms with Crippen LogP contribution in [-0.4, -0.2) is 57.2 Å². The maximum absolute atomic E-state index is 12.8. The van der Waals surface area contributed by atoms with Crippen molar-refractivity contribution in [2.45, 2.75) is 32.2 Å². The lowest BCUT2D eigenvalue weighted by Crippen LogP contribution is -2.42. The maximum atomic E-state index is 12.8. The first kappa shape index (κ1) is 17.1. The zero-order chi connectivity index (χ0) is 17.8. The SMILES string of the molecule is O=C(c1ccc(Cn2cnnn2)cc1)N1CCC(C2CCNCC2)CC1. The number of piperidine rings is 2. The fourth-order valence-electron chi connectivity index (χ4n) is 4.26. The Morgan fingerprint density at radius 3 is 2.38 bits per heavy atom. The molecule has 4 rings (SSSR count). The van der Waals surface area contributed by atoms with Crippen molar-refractivity contribution in [2.24, 2.45) is 11.8 Å². The largest absolute Gasteiger partial charge is 0.339 e. The highest BCUT2D eigenvalue weighted by Gasteiger charge is 2.29. The van der Waals surface area contributed by atoms with Gasteiger partial charge in [0, 0.05) is 18.7 Å². The van der Waals surface area contributed by atoms with E-state index < -0.39 is 0 Å². The van der Waals surface area contributed by atoms with Crippen LogP contribution in [0.1, 0.15) is 41.6 Å². The number of aromatic nitrogens is 4. The number of hydrogen-bond donors (Lipinski definition) is 1. The van der Waals surface area contributed by atoms with Crippen LogP contribution < -0.4 is 5.32 Å². The molecule has 1 aromatic carbocycles. The van der Waals surface area contributed by atoms with Crippen LogP contribution in [0.3, 0.4) is 0 Å². The molecular weight excluding hydrogens is 328 g/mol. The minimum absolute atomic E-state index is 0.155. The summed E-state index contributed by atoms with van der Waals surface area (Å²) in [4.78, 5) is 14.8. The standard InChI is InChI=1S/C19H26N6O/c26-19(18-3-1-15(2-4-18)13-25-14-21-22-23-25)24-11-7-17(8-12-24)16-5-9-20-10-6-16/h1-4,14,16-17,20H,5-13H2. The Bertz CT molecular complexity index is 700. The fourth-order valence-corrected chi connectivity index (χ4v) is 4.26. The van der Waals surface area contributed by atoms with Gasteiger partial charge in [-0.15, -0.1) is 5.10 Å². The zero-order valence-electron chi connectivity index (χ0n) is 15.0. The molecule has 0 bridgehead atoms. The van der Waals surface area contributed by atoms with Crippen molar-refractivity contribution in [3.05, 3.63) is 41.7 Å². The summed E-state index contributed by atoms with van der Waals surface area (Å²) in [6.45, 7) is 4.70. The van der Waals surface area contributed by atoms with Crippen LogP contribution in [0.4, 0.5) is 0 Å². The molecule has 2 aromatic rings. The molecule has 2 aliphatic rings. The monoisotopic (exact) mass is 354 g/mol. The molecule has 0 radical (unpaired) electrons. The highest BCUT2D eigenvalue weighted by Crippen LogP contribution is 2.31. The van der Waals surface area contributed by atoms with E-state index in [0.717, 1.165) is 62.0 Å². The van der Waals surface area contributed by atoms with Crippen LogP contribution in [0.25, 0.3) is 0 Å². The molecule has 0 spiro atoms. The molecule has 1 N–H and O–H groups in total. The van der Waals surface area contributed by atoms with Crippen LogP contribution in [0.15, 0.2) is 30.6 Å². The maximum Gasteiger partial charge on any atom is 0.253 e. The van der Waals surface area contributed by atoms with Gasteiger partial charge in [0.05, 0.1) is 6.54 Å². The van der Waals surface area contributed by atoms with E-state index in [-0.39, 0.29) is 5.91 Å². The molecule has 0 unspecified atom stereocenters. The van der Waals surface area contributed by atoms with Gasteiger partial charge in [0.2, 0.25) is 0 Å². The summed E-state index contributed by atoms with van der Waals surface area (Å²) in [7, 11) is 0. The third-order valence-electron chi connectivity index (χ3n) is 5.81. The van der Waals surface area contributed by atoms with E-state index in [2.05, 4.69) is 20.8 Å². The van der Waals surface area contributed by atoms with E-state index in [0.29, 0.717) is 6.54 Å². The molecule has 7 nitrogen and oxygen atoms in total. The minimum atomic E-state index is 0.155. The summed E-state index contributed by atoms with van der Waals surface area (Å²) in [5.74, 6) is 1.79. The van der Waals surface area contributed by atoms with E-state index in [4.69, 9.17) is 0 Å². The number of carbonyl (C=O) groups excluding carboxylic acids is 1. The van der Waals surface area contributed by atoms with Gasteiger partial charge < -0.3 is 10.2 Å². The Kier molecular flexibility index (Phi) is 5.24. The predicted octanol–water partition coefficient (Wildman–Crippen LogP) is 1.57. The van der Waals surface area contributed by atoms with Gasteiger partial charge in [0.25, 0.3) is 5.91 Å². The van der Waals surface area contributed by atoms with E-state index in [1.54, 1.807) is 11.0 Å². The van der Waals surface area contributed by atoms with Gasteiger partial charge in [-0.2, -0.15) is 0 Å². The molecule has 0 saturated carbocycles. The van der Waals surface area contributed by atoms with E-state index >= 15 is 0 Å². The van der Waals surface area contributed by atoms with E-state index in [9.17, 15) is 4.79 Å². The average molecular weight is 354 g/mol. The molecule has 0 atom stereocenters. The first-order valence-corrected chi connectivity index (χ1v) is 9.59. The Labute approximate surface area is 153 Å². The van der Waals surface area contributed by atoms with Gasteiger partial charge in [-0.3, -0.25) is 4.79 Å². The second-order valence-corrected chi connectivity index (χ2v) is 7.42. The first-order valence-electron chi connectivity index (χ1n) is 9.59. The number of likely N-dealkylation sites (tertiary alicyclic amines) is 1. The van der Waals surface area contributed by atoms with Crippen LogP contribution >= 0.6 is 0 Å². The summed E-state index contributed by atoms with van der Waals surface area (Å²) in [5, 5.41) is 14.6. The van der Waals surface area contributed by atoms with Crippen molar-refractivity contribution in [3.8, 4) is 0 Å². The minimum Gasteiger partial charge on any atom is -0.339 e. The van der Waals surface area contributed by atoms with Crippen molar-refractivity contribution in [1.29, 1.82) is 0 Å². The molecule has 1 amide bonds. The number of carbonyl (C=O) groups is 1. The normalized spacial score (nSPS) is 19.6. The highest BCUT2D eigenvalue weighted by molar-refractivity contribution is 5.94. The Morgan fingerprint density at radius 1 is 1.04 bits per heavy atom. The highest BCUT2D eigenvalue weighted by atomic mass is 16.2. The quantitative estimate of drug-likeness (QED) is 0.902. The predicted molar refractivity (Wildman–Crippen MR) is 97.6 cm³/mol. The number of amides is 1. The topological polar surface area (TPSA) is 75.9 Å². The molecule has 2 fully saturated rings. The molecule has 3 heterocycles. The lowest BCUT2D eigenvalue weighted by Gasteiger charge is -2.37. The lowest BCUT2D eigenvalue weighted by atomic mass is 9.79. The van der Waals surface area contributed by atoms with Gasteiger partial charge in [-0.25, -0.2) is 4.68 Å². The van der Waals surface area contributed by atoms with Crippen molar-refractivity contribution >= 4 is 5.91 Å². The number of benzene rings is 1. The summed E-state index contributed by atoms with van der Waals surface area (Å²) in [6.07, 6.45) is 6.47. The number of nitrogens with one attached hydrogen (secondary N) is 1. The van der Waals surface area contributed by atoms with Crippen LogP contribution in [0, 0.1) is 11.8 Å². The molecule has 2 aliphatic heterocycles. The third-order valence-corrected chi connectivity index (χ3v) is 5.81. The second-order valence-electron chi connectivity index (χ2n) is 7.42. The molecular formula is C19H26N6O. The summed E-state index contributed by atoms with van der Waals surface area (Å²) in [6, 6.07) is 7.80. The summed E-state index contributed by atoms with van der Waals surface area (Å²) in [5.41, 5.74) is 1.85. The molecule has 26 heavy (non-hydrogen) atoms. The summed E-state index contributed by atoms with van der Waals surface area (Å²) < 4.78 is 1.67. The van der Waals surface area contributed by atoms with Crippen LogP contribution in [-0.2, 0) is 6.54 Å². The van der Waals surface area contributed by atoms with Crippen molar-refractivity contribution in [1.82, 2.24) is 30.4 Å². The first-order chi connectivity index (χ1) is 12.8. The molecule has 1 aromatic heterocycles. The lowest BCUT2D eigenvalue weighted by molar-refractivity contribution is 0.0642. The van der Waals surface area contributed by atoms with Crippen LogP contribution in [0.5, 0.6) is 0 Å². The van der Waals surface area contributed by atoms with Gasteiger partial charge in [-0.05, 0) is 78.7 Å². The smallest absolute Gasteiger partial charge is 0.253 e. The molecule has 0 aliphatic carbocycles. The number of nitrogens with zero attached hydrogens (tertiary/aromatic N) is 5. The van der Waals surface area contributed by atoms with Gasteiger partial charge >= 0.3 is 0 Å². The number of rotatable bonds is 4. The van der Waals surface area contributed by atoms with Gasteiger partial charge in [-0.1, -0.05) is 12.1 Å². The Morgan fingerprint density at radius 2 is 1.73 bits per heavy atom. The number of hydrogen-bond acceptors (Lipinski definition) is 5. The van der Waals surface area contributed by atoms with Crippen molar-refractivity contribution < 1.29 is 4.79 Å². The number of tetrazole rings is 1. The average Bonchev–Trinajstić information content (AvgIpc) is 3.22.